The Bertz CT molecular complexity index is 1300. The summed E-state index contributed by atoms with van der Waals surface area (Å²) >= 11 is 6.12. The minimum Gasteiger partial charge on any atom is -0.455 e. The van der Waals surface area contributed by atoms with E-state index >= 15 is 0 Å². The highest BCUT2D eigenvalue weighted by Gasteiger charge is 2.21. The quantitative estimate of drug-likeness (QED) is 0.431. The van der Waals surface area contributed by atoms with Gasteiger partial charge < -0.3 is 10.1 Å². The molecule has 174 valence electrons. The molecule has 0 atom stereocenters. The van der Waals surface area contributed by atoms with Crippen LogP contribution in [0.2, 0.25) is 5.02 Å². The Kier molecular flexibility index (Phi) is 7.00. The molecule has 3 aromatic carbocycles. The van der Waals surface area contributed by atoms with Crippen molar-refractivity contribution in [3.63, 3.8) is 0 Å². The summed E-state index contributed by atoms with van der Waals surface area (Å²) in [5, 5.41) is 2.82. The molecule has 33 heavy (non-hydrogen) atoms. The standard InChI is InChI=1S/C24H24ClFN2O4S/c1-24(2,3)15-8-10-19(22(12-15)32-21-11-9-16(26)13-20(21)25)23(29)27-17-6-5-7-18(14-17)28-33(4,30)31/h5-14,28H,1-4H3,(H,27,29). The van der Waals surface area contributed by atoms with Crippen LogP contribution in [0.5, 0.6) is 11.5 Å². The van der Waals surface area contributed by atoms with Crippen molar-refractivity contribution in [2.24, 2.45) is 0 Å². The summed E-state index contributed by atoms with van der Waals surface area (Å²) in [5.41, 5.74) is 1.63. The summed E-state index contributed by atoms with van der Waals surface area (Å²) in [6, 6.07) is 15.3. The van der Waals surface area contributed by atoms with Crippen LogP contribution < -0.4 is 14.8 Å². The molecule has 0 saturated heterocycles. The van der Waals surface area contributed by atoms with Crippen LogP contribution >= 0.6 is 11.6 Å². The molecule has 0 aromatic heterocycles. The number of sulfonamides is 1. The van der Waals surface area contributed by atoms with E-state index < -0.39 is 21.7 Å². The van der Waals surface area contributed by atoms with Crippen LogP contribution in [0.25, 0.3) is 0 Å². The number of hydrogen-bond donors (Lipinski definition) is 2. The third kappa shape index (κ3) is 6.69. The first-order valence-corrected chi connectivity index (χ1v) is 12.3. The van der Waals surface area contributed by atoms with Crippen molar-refractivity contribution < 1.29 is 22.3 Å². The predicted molar refractivity (Wildman–Crippen MR) is 129 cm³/mol. The van der Waals surface area contributed by atoms with Crippen molar-refractivity contribution in [1.29, 1.82) is 0 Å². The Morgan fingerprint density at radius 2 is 1.67 bits per heavy atom. The SMILES string of the molecule is CC(C)(C)c1ccc(C(=O)Nc2cccc(NS(C)(=O)=O)c2)c(Oc2ccc(F)cc2Cl)c1. The number of carbonyl (C=O) groups is 1. The second-order valence-electron chi connectivity index (χ2n) is 8.55. The molecule has 9 heteroatoms. The van der Waals surface area contributed by atoms with Crippen LogP contribution in [-0.2, 0) is 15.4 Å². The van der Waals surface area contributed by atoms with E-state index in [1.807, 2.05) is 26.8 Å². The smallest absolute Gasteiger partial charge is 0.259 e. The zero-order valence-corrected chi connectivity index (χ0v) is 20.1. The van der Waals surface area contributed by atoms with Crippen LogP contribution in [0, 0.1) is 5.82 Å². The van der Waals surface area contributed by atoms with Gasteiger partial charge in [0.15, 0.2) is 0 Å². The largest absolute Gasteiger partial charge is 0.455 e. The van der Waals surface area contributed by atoms with E-state index in [1.165, 1.54) is 18.2 Å². The average Bonchev–Trinajstić information content (AvgIpc) is 2.68. The maximum atomic E-state index is 13.4. The van der Waals surface area contributed by atoms with Gasteiger partial charge in [0.2, 0.25) is 10.0 Å². The van der Waals surface area contributed by atoms with E-state index in [2.05, 4.69) is 10.0 Å². The van der Waals surface area contributed by atoms with Gasteiger partial charge in [0.25, 0.3) is 5.91 Å². The minimum absolute atomic E-state index is 0.0714. The van der Waals surface area contributed by atoms with Crippen LogP contribution in [0.15, 0.2) is 60.7 Å². The molecule has 0 spiro atoms. The molecule has 2 N–H and O–H groups in total. The van der Waals surface area contributed by atoms with E-state index in [0.717, 1.165) is 17.9 Å². The molecule has 0 aliphatic rings. The van der Waals surface area contributed by atoms with Gasteiger partial charge in [-0.1, -0.05) is 44.5 Å². The minimum atomic E-state index is -3.46. The second kappa shape index (κ2) is 9.41. The van der Waals surface area contributed by atoms with Crippen molar-refractivity contribution in [2.75, 3.05) is 16.3 Å². The van der Waals surface area contributed by atoms with Gasteiger partial charge in [0.05, 0.1) is 22.5 Å². The van der Waals surface area contributed by atoms with Crippen molar-refractivity contribution >= 4 is 38.9 Å². The third-order valence-electron chi connectivity index (χ3n) is 4.63. The molecule has 0 unspecified atom stereocenters. The summed E-state index contributed by atoms with van der Waals surface area (Å²) in [4.78, 5) is 13.1. The Morgan fingerprint density at radius 1 is 0.970 bits per heavy atom. The normalized spacial score (nSPS) is 11.7. The molecule has 6 nitrogen and oxygen atoms in total. The first kappa shape index (κ1) is 24.5. The zero-order valence-electron chi connectivity index (χ0n) is 18.6. The summed E-state index contributed by atoms with van der Waals surface area (Å²) in [6.07, 6.45) is 1.04. The van der Waals surface area contributed by atoms with E-state index in [9.17, 15) is 17.6 Å². The number of ether oxygens (including phenoxy) is 1. The zero-order chi connectivity index (χ0) is 24.4. The van der Waals surface area contributed by atoms with Crippen LogP contribution in [0.1, 0.15) is 36.7 Å². The van der Waals surface area contributed by atoms with Crippen molar-refractivity contribution in [1.82, 2.24) is 0 Å². The number of amides is 1. The van der Waals surface area contributed by atoms with E-state index in [1.54, 1.807) is 30.3 Å². The summed E-state index contributed by atoms with van der Waals surface area (Å²) in [6.45, 7) is 6.07. The molecule has 0 aliphatic heterocycles. The maximum absolute atomic E-state index is 13.4. The highest BCUT2D eigenvalue weighted by Crippen LogP contribution is 2.35. The van der Waals surface area contributed by atoms with Crippen LogP contribution in [0.4, 0.5) is 15.8 Å². The lowest BCUT2D eigenvalue weighted by Gasteiger charge is -2.21. The lowest BCUT2D eigenvalue weighted by molar-refractivity contribution is 0.102. The number of benzene rings is 3. The number of anilines is 2. The van der Waals surface area contributed by atoms with E-state index in [0.29, 0.717) is 11.4 Å². The van der Waals surface area contributed by atoms with E-state index in [4.69, 9.17) is 16.3 Å². The second-order valence-corrected chi connectivity index (χ2v) is 10.7. The molecular formula is C24H24ClFN2O4S. The van der Waals surface area contributed by atoms with Gasteiger partial charge in [-0.3, -0.25) is 9.52 Å². The number of rotatable bonds is 6. The average molecular weight is 491 g/mol. The molecule has 0 heterocycles. The molecule has 1 amide bonds. The number of hydrogen-bond acceptors (Lipinski definition) is 4. The molecular weight excluding hydrogens is 467 g/mol. The molecule has 0 fully saturated rings. The molecule has 0 bridgehead atoms. The third-order valence-corrected chi connectivity index (χ3v) is 5.53. The Balaban J connectivity index is 1.96. The Labute approximate surface area is 197 Å². The van der Waals surface area contributed by atoms with Gasteiger partial charge in [0.1, 0.15) is 17.3 Å². The molecule has 0 saturated carbocycles. The lowest BCUT2D eigenvalue weighted by Crippen LogP contribution is -2.16. The lowest BCUT2D eigenvalue weighted by atomic mass is 9.86. The van der Waals surface area contributed by atoms with Crippen molar-refractivity contribution in [3.05, 3.63) is 82.6 Å². The van der Waals surface area contributed by atoms with Gasteiger partial charge in [-0.25, -0.2) is 12.8 Å². The van der Waals surface area contributed by atoms with E-state index in [-0.39, 0.29) is 27.5 Å². The highest BCUT2D eigenvalue weighted by molar-refractivity contribution is 7.92. The van der Waals surface area contributed by atoms with Crippen LogP contribution in [0.3, 0.4) is 0 Å². The molecule has 0 radical (unpaired) electrons. The fourth-order valence-electron chi connectivity index (χ4n) is 3.01. The first-order chi connectivity index (χ1) is 15.3. The predicted octanol–water partition coefficient (Wildman–Crippen LogP) is 6.19. The maximum Gasteiger partial charge on any atom is 0.259 e. The fourth-order valence-corrected chi connectivity index (χ4v) is 3.77. The summed E-state index contributed by atoms with van der Waals surface area (Å²) in [5.74, 6) is -0.520. The Hall–Kier alpha value is -3.10. The van der Waals surface area contributed by atoms with Crippen molar-refractivity contribution in [3.8, 4) is 11.5 Å². The monoisotopic (exact) mass is 490 g/mol. The van der Waals surface area contributed by atoms with Crippen LogP contribution in [-0.4, -0.2) is 20.6 Å². The number of carbonyl (C=O) groups excluding carboxylic acids is 1. The fraction of sp³-hybridized carbons (Fsp3) is 0.208. The number of nitrogens with one attached hydrogen (secondary N) is 2. The Morgan fingerprint density at radius 3 is 2.30 bits per heavy atom. The van der Waals surface area contributed by atoms with Crippen molar-refractivity contribution in [2.45, 2.75) is 26.2 Å². The van der Waals surface area contributed by atoms with Gasteiger partial charge in [-0.05, 0) is 59.5 Å². The molecule has 3 rings (SSSR count). The summed E-state index contributed by atoms with van der Waals surface area (Å²) in [7, 11) is -3.46. The van der Waals surface area contributed by atoms with Gasteiger partial charge in [-0.15, -0.1) is 0 Å². The summed E-state index contributed by atoms with van der Waals surface area (Å²) < 4.78 is 44.7. The molecule has 3 aromatic rings. The van der Waals surface area contributed by atoms with Gasteiger partial charge in [-0.2, -0.15) is 0 Å². The van der Waals surface area contributed by atoms with Gasteiger partial charge >= 0.3 is 0 Å². The topological polar surface area (TPSA) is 84.5 Å². The van der Waals surface area contributed by atoms with Gasteiger partial charge in [0, 0.05) is 5.69 Å². The highest BCUT2D eigenvalue weighted by atomic mass is 35.5. The number of halogens is 2. The molecule has 0 aliphatic carbocycles. The first-order valence-electron chi connectivity index (χ1n) is 9.98.